The molecule has 3 atom stereocenters. The Morgan fingerprint density at radius 1 is 1.15 bits per heavy atom. The minimum atomic E-state index is 0.500. The van der Waals surface area contributed by atoms with E-state index in [4.69, 9.17) is 0 Å². The summed E-state index contributed by atoms with van der Waals surface area (Å²) in [4.78, 5) is 0. The first-order valence-electron chi connectivity index (χ1n) is 8.68. The van der Waals surface area contributed by atoms with Gasteiger partial charge in [-0.2, -0.15) is 11.8 Å². The Morgan fingerprint density at radius 3 is 2.50 bits per heavy atom. The molecule has 1 fully saturated rings. The van der Waals surface area contributed by atoms with Crippen LogP contribution in [0, 0.1) is 23.2 Å². The van der Waals surface area contributed by atoms with E-state index in [1.54, 1.807) is 0 Å². The van der Waals surface area contributed by atoms with Crippen LogP contribution in [0.3, 0.4) is 0 Å². The predicted octanol–water partition coefficient (Wildman–Crippen LogP) is 5.21. The first-order valence-corrected chi connectivity index (χ1v) is 10.1. The van der Waals surface area contributed by atoms with E-state index in [1.807, 2.05) is 11.8 Å². The van der Waals surface area contributed by atoms with Crippen molar-refractivity contribution in [2.75, 3.05) is 25.1 Å². The van der Waals surface area contributed by atoms with E-state index in [0.717, 1.165) is 17.8 Å². The normalized spacial score (nSPS) is 27.8. The highest BCUT2D eigenvalue weighted by Gasteiger charge is 2.35. The lowest BCUT2D eigenvalue weighted by Crippen LogP contribution is -2.37. The lowest BCUT2D eigenvalue weighted by molar-refractivity contribution is 0.0923. The summed E-state index contributed by atoms with van der Waals surface area (Å²) in [7, 11) is 0. The minimum absolute atomic E-state index is 0.500. The molecule has 1 N–H and O–H groups in total. The van der Waals surface area contributed by atoms with Gasteiger partial charge in [-0.3, -0.25) is 0 Å². The van der Waals surface area contributed by atoms with Crippen molar-refractivity contribution >= 4 is 11.8 Å². The van der Waals surface area contributed by atoms with Crippen LogP contribution in [0.4, 0.5) is 0 Å². The Morgan fingerprint density at radius 2 is 1.90 bits per heavy atom. The average molecular weight is 300 g/mol. The monoisotopic (exact) mass is 299 g/mol. The summed E-state index contributed by atoms with van der Waals surface area (Å²) in [6.45, 7) is 12.0. The van der Waals surface area contributed by atoms with E-state index in [1.165, 1.54) is 57.4 Å². The molecular formula is C18H37NS. The maximum atomic E-state index is 3.67. The molecule has 1 aliphatic rings. The molecular weight excluding hydrogens is 262 g/mol. The smallest absolute Gasteiger partial charge is 0.00179 e. The van der Waals surface area contributed by atoms with E-state index in [9.17, 15) is 0 Å². The van der Waals surface area contributed by atoms with Gasteiger partial charge in [0, 0.05) is 0 Å². The van der Waals surface area contributed by atoms with Gasteiger partial charge in [0.15, 0.2) is 0 Å². The summed E-state index contributed by atoms with van der Waals surface area (Å²) in [5.74, 6) is 4.17. The van der Waals surface area contributed by atoms with Crippen LogP contribution >= 0.6 is 11.8 Å². The Balaban J connectivity index is 2.50. The molecule has 2 heteroatoms. The molecule has 120 valence electrons. The van der Waals surface area contributed by atoms with Crippen LogP contribution in [0.2, 0.25) is 0 Å². The van der Waals surface area contributed by atoms with Crippen LogP contribution in [0.15, 0.2) is 0 Å². The van der Waals surface area contributed by atoms with Gasteiger partial charge in [0.05, 0.1) is 0 Å². The molecule has 0 bridgehead atoms. The maximum absolute atomic E-state index is 3.67. The molecule has 0 radical (unpaired) electrons. The molecule has 1 aliphatic carbocycles. The maximum Gasteiger partial charge on any atom is -0.00179 e. The van der Waals surface area contributed by atoms with Gasteiger partial charge >= 0.3 is 0 Å². The molecule has 0 aromatic carbocycles. The molecule has 3 unspecified atom stereocenters. The zero-order chi connectivity index (χ0) is 15.0. The van der Waals surface area contributed by atoms with Gasteiger partial charge in [-0.25, -0.2) is 0 Å². The second kappa shape index (κ2) is 9.35. The van der Waals surface area contributed by atoms with E-state index in [0.29, 0.717) is 5.41 Å². The number of hydrogen-bond acceptors (Lipinski definition) is 2. The topological polar surface area (TPSA) is 12.0 Å². The first kappa shape index (κ1) is 18.4. The Kier molecular flexibility index (Phi) is 8.59. The van der Waals surface area contributed by atoms with Crippen LogP contribution in [-0.2, 0) is 0 Å². The standard InChI is InChI=1S/C18H37NS/c1-6-11-19-14-16-9-10-17(18(2,3)4)13-15(16)8-7-12-20-5/h15-17,19H,6-14H2,1-5H3. The molecule has 0 saturated heterocycles. The quantitative estimate of drug-likeness (QED) is 0.618. The summed E-state index contributed by atoms with van der Waals surface area (Å²) in [5.41, 5.74) is 0.500. The summed E-state index contributed by atoms with van der Waals surface area (Å²) < 4.78 is 0. The third-order valence-corrected chi connectivity index (χ3v) is 5.82. The second-order valence-electron chi connectivity index (χ2n) is 7.74. The van der Waals surface area contributed by atoms with Crippen LogP contribution in [0.5, 0.6) is 0 Å². The van der Waals surface area contributed by atoms with Crippen LogP contribution in [0.1, 0.15) is 66.2 Å². The molecule has 0 amide bonds. The Hall–Kier alpha value is 0.310. The number of nitrogens with one attached hydrogen (secondary N) is 1. The van der Waals surface area contributed by atoms with Gasteiger partial charge in [-0.05, 0) is 86.8 Å². The van der Waals surface area contributed by atoms with Crippen molar-refractivity contribution in [3.63, 3.8) is 0 Å². The first-order chi connectivity index (χ1) is 9.49. The van der Waals surface area contributed by atoms with Crippen molar-refractivity contribution in [1.29, 1.82) is 0 Å². The molecule has 1 rings (SSSR count). The fraction of sp³-hybridized carbons (Fsp3) is 1.00. The Labute approximate surface area is 132 Å². The lowest BCUT2D eigenvalue weighted by Gasteiger charge is -2.42. The van der Waals surface area contributed by atoms with Crippen LogP contribution in [-0.4, -0.2) is 25.1 Å². The van der Waals surface area contributed by atoms with E-state index >= 15 is 0 Å². The molecule has 0 heterocycles. The number of hydrogen-bond donors (Lipinski definition) is 1. The zero-order valence-electron chi connectivity index (χ0n) is 14.5. The summed E-state index contributed by atoms with van der Waals surface area (Å²) in [6.07, 6.45) is 10.7. The van der Waals surface area contributed by atoms with E-state index in [2.05, 4.69) is 39.3 Å². The van der Waals surface area contributed by atoms with Gasteiger partial charge in [0.1, 0.15) is 0 Å². The van der Waals surface area contributed by atoms with Crippen molar-refractivity contribution < 1.29 is 0 Å². The van der Waals surface area contributed by atoms with Crippen molar-refractivity contribution in [3.05, 3.63) is 0 Å². The zero-order valence-corrected chi connectivity index (χ0v) is 15.3. The Bertz CT molecular complexity index is 246. The van der Waals surface area contributed by atoms with Gasteiger partial charge in [0.25, 0.3) is 0 Å². The van der Waals surface area contributed by atoms with E-state index in [-0.39, 0.29) is 0 Å². The van der Waals surface area contributed by atoms with Crippen LogP contribution in [0.25, 0.3) is 0 Å². The lowest BCUT2D eigenvalue weighted by atomic mass is 9.64. The highest BCUT2D eigenvalue weighted by Crippen LogP contribution is 2.44. The summed E-state index contributed by atoms with van der Waals surface area (Å²) >= 11 is 2.00. The number of rotatable bonds is 8. The van der Waals surface area contributed by atoms with E-state index < -0.39 is 0 Å². The predicted molar refractivity (Wildman–Crippen MR) is 94.6 cm³/mol. The fourth-order valence-electron chi connectivity index (χ4n) is 3.69. The van der Waals surface area contributed by atoms with Crippen molar-refractivity contribution in [2.45, 2.75) is 66.2 Å². The number of thioether (sulfide) groups is 1. The third kappa shape index (κ3) is 6.39. The van der Waals surface area contributed by atoms with Crippen molar-refractivity contribution in [3.8, 4) is 0 Å². The van der Waals surface area contributed by atoms with Gasteiger partial charge < -0.3 is 5.32 Å². The summed E-state index contributed by atoms with van der Waals surface area (Å²) in [5, 5.41) is 3.67. The molecule has 0 spiro atoms. The van der Waals surface area contributed by atoms with Crippen LogP contribution < -0.4 is 5.32 Å². The fourth-order valence-corrected chi connectivity index (χ4v) is 4.14. The molecule has 0 aromatic heterocycles. The minimum Gasteiger partial charge on any atom is -0.316 e. The molecule has 0 aliphatic heterocycles. The highest BCUT2D eigenvalue weighted by molar-refractivity contribution is 7.98. The van der Waals surface area contributed by atoms with Gasteiger partial charge in [-0.15, -0.1) is 0 Å². The second-order valence-corrected chi connectivity index (χ2v) is 8.72. The average Bonchev–Trinajstić information content (AvgIpc) is 2.39. The van der Waals surface area contributed by atoms with Gasteiger partial charge in [0.2, 0.25) is 0 Å². The molecule has 20 heavy (non-hydrogen) atoms. The summed E-state index contributed by atoms with van der Waals surface area (Å²) in [6, 6.07) is 0. The largest absolute Gasteiger partial charge is 0.316 e. The molecule has 1 saturated carbocycles. The molecule has 1 nitrogen and oxygen atoms in total. The van der Waals surface area contributed by atoms with Gasteiger partial charge in [-0.1, -0.05) is 27.7 Å². The highest BCUT2D eigenvalue weighted by atomic mass is 32.2. The van der Waals surface area contributed by atoms with Crippen molar-refractivity contribution in [2.24, 2.45) is 23.2 Å². The van der Waals surface area contributed by atoms with Crippen molar-refractivity contribution in [1.82, 2.24) is 5.32 Å². The molecule has 0 aromatic rings. The third-order valence-electron chi connectivity index (χ3n) is 5.12. The SMILES string of the molecule is CCCNCC1CCC(C(C)(C)C)CC1CCCSC.